The Kier molecular flexibility index (Phi) is 3.68. The van der Waals surface area contributed by atoms with Gasteiger partial charge in [-0.15, -0.1) is 12.6 Å². The lowest BCUT2D eigenvalue weighted by Crippen LogP contribution is -2.38. The minimum absolute atomic E-state index is 0.0542. The molecule has 17 heavy (non-hydrogen) atoms. The van der Waals surface area contributed by atoms with E-state index in [9.17, 15) is 9.59 Å². The highest BCUT2D eigenvalue weighted by Crippen LogP contribution is 2.12. The van der Waals surface area contributed by atoms with E-state index in [1.54, 1.807) is 18.2 Å². The van der Waals surface area contributed by atoms with Crippen molar-refractivity contribution in [3.05, 3.63) is 29.8 Å². The Morgan fingerprint density at radius 3 is 2.88 bits per heavy atom. The van der Waals surface area contributed by atoms with Crippen LogP contribution in [0.25, 0.3) is 0 Å². The Hall–Kier alpha value is -1.49. The number of carbonyl (C=O) groups excluding carboxylic acids is 2. The van der Waals surface area contributed by atoms with Crippen LogP contribution in [0.1, 0.15) is 23.2 Å². The molecule has 1 saturated heterocycles. The molecule has 0 radical (unpaired) electrons. The minimum atomic E-state index is -0.156. The van der Waals surface area contributed by atoms with E-state index >= 15 is 0 Å². The maximum absolute atomic E-state index is 11.8. The molecule has 0 aromatic heterocycles. The van der Waals surface area contributed by atoms with Crippen molar-refractivity contribution in [1.29, 1.82) is 0 Å². The summed E-state index contributed by atoms with van der Waals surface area (Å²) < 4.78 is 0. The van der Waals surface area contributed by atoms with Gasteiger partial charge in [-0.3, -0.25) is 9.59 Å². The van der Waals surface area contributed by atoms with E-state index < -0.39 is 0 Å². The van der Waals surface area contributed by atoms with Gasteiger partial charge in [-0.05, 0) is 18.6 Å². The summed E-state index contributed by atoms with van der Waals surface area (Å²) in [6.07, 6.45) is 1.32. The molecule has 0 aliphatic carbocycles. The van der Waals surface area contributed by atoms with Crippen molar-refractivity contribution in [1.82, 2.24) is 10.6 Å². The molecule has 1 aromatic carbocycles. The lowest BCUT2D eigenvalue weighted by Gasteiger charge is -2.12. The number of thiol groups is 1. The van der Waals surface area contributed by atoms with E-state index in [1.165, 1.54) is 0 Å². The van der Waals surface area contributed by atoms with Gasteiger partial charge in [0.1, 0.15) is 0 Å². The van der Waals surface area contributed by atoms with Crippen LogP contribution in [0.2, 0.25) is 0 Å². The summed E-state index contributed by atoms with van der Waals surface area (Å²) in [6.45, 7) is 0.465. The van der Waals surface area contributed by atoms with Crippen LogP contribution < -0.4 is 10.6 Å². The smallest absolute Gasteiger partial charge is 0.252 e. The molecule has 4 nitrogen and oxygen atoms in total. The van der Waals surface area contributed by atoms with E-state index in [0.29, 0.717) is 23.4 Å². The first-order valence-corrected chi connectivity index (χ1v) is 5.97. The number of amides is 2. The molecule has 1 atom stereocenters. The van der Waals surface area contributed by atoms with E-state index in [2.05, 4.69) is 23.3 Å². The Morgan fingerprint density at radius 1 is 1.47 bits per heavy atom. The highest BCUT2D eigenvalue weighted by atomic mass is 32.1. The molecule has 0 bridgehead atoms. The van der Waals surface area contributed by atoms with Crippen LogP contribution in [0.15, 0.2) is 29.2 Å². The molecule has 90 valence electrons. The van der Waals surface area contributed by atoms with Gasteiger partial charge in [0.15, 0.2) is 0 Å². The fourth-order valence-corrected chi connectivity index (χ4v) is 2.07. The normalized spacial score (nSPS) is 18.9. The fourth-order valence-electron chi connectivity index (χ4n) is 1.81. The number of rotatable bonds is 3. The minimum Gasteiger partial charge on any atom is -0.352 e. The van der Waals surface area contributed by atoms with E-state index in [-0.39, 0.29) is 17.9 Å². The highest BCUT2D eigenvalue weighted by molar-refractivity contribution is 7.80. The van der Waals surface area contributed by atoms with Gasteiger partial charge >= 0.3 is 0 Å². The third-order valence-corrected chi connectivity index (χ3v) is 3.13. The van der Waals surface area contributed by atoms with Gasteiger partial charge in [0.25, 0.3) is 5.91 Å². The summed E-state index contributed by atoms with van der Waals surface area (Å²) in [5, 5.41) is 5.60. The predicted octanol–water partition coefficient (Wildman–Crippen LogP) is 0.984. The van der Waals surface area contributed by atoms with Crippen molar-refractivity contribution in [2.45, 2.75) is 23.8 Å². The SMILES string of the molecule is O=C1CCC(CNC(=O)c2ccccc2S)N1. The Morgan fingerprint density at radius 2 is 2.24 bits per heavy atom. The average Bonchev–Trinajstić information content (AvgIpc) is 2.73. The van der Waals surface area contributed by atoms with Gasteiger partial charge in [-0.1, -0.05) is 12.1 Å². The highest BCUT2D eigenvalue weighted by Gasteiger charge is 2.21. The molecule has 2 amide bonds. The average molecular weight is 250 g/mol. The van der Waals surface area contributed by atoms with Crippen LogP contribution in [-0.4, -0.2) is 24.4 Å². The van der Waals surface area contributed by atoms with E-state index in [1.807, 2.05) is 6.07 Å². The Balaban J connectivity index is 1.90. The molecule has 1 heterocycles. The quantitative estimate of drug-likeness (QED) is 0.701. The summed E-state index contributed by atoms with van der Waals surface area (Å²) >= 11 is 4.22. The van der Waals surface area contributed by atoms with Gasteiger partial charge in [0.2, 0.25) is 5.91 Å². The first kappa shape index (κ1) is 12.0. The number of benzene rings is 1. The summed E-state index contributed by atoms with van der Waals surface area (Å²) in [7, 11) is 0. The standard InChI is InChI=1S/C12H14N2O2S/c15-11-6-5-8(14-11)7-13-12(16)9-3-1-2-4-10(9)17/h1-4,8,17H,5-7H2,(H,13,16)(H,14,15). The number of hydrogen-bond donors (Lipinski definition) is 3. The van der Waals surface area contributed by atoms with Crippen molar-refractivity contribution in [2.75, 3.05) is 6.54 Å². The van der Waals surface area contributed by atoms with E-state index in [0.717, 1.165) is 6.42 Å². The molecule has 0 spiro atoms. The maximum atomic E-state index is 11.8. The first-order chi connectivity index (χ1) is 8.16. The molecule has 2 rings (SSSR count). The lowest BCUT2D eigenvalue weighted by molar-refractivity contribution is -0.119. The van der Waals surface area contributed by atoms with Gasteiger partial charge in [0.05, 0.1) is 5.56 Å². The molecule has 5 heteroatoms. The molecule has 2 N–H and O–H groups in total. The summed E-state index contributed by atoms with van der Waals surface area (Å²) in [5.74, 6) is -0.101. The van der Waals surface area contributed by atoms with Crippen LogP contribution >= 0.6 is 12.6 Å². The molecule has 0 saturated carbocycles. The monoisotopic (exact) mass is 250 g/mol. The second kappa shape index (κ2) is 5.23. The zero-order valence-corrected chi connectivity index (χ0v) is 10.2. The third kappa shape index (κ3) is 3.00. The third-order valence-electron chi connectivity index (χ3n) is 2.74. The van der Waals surface area contributed by atoms with Crippen molar-refractivity contribution < 1.29 is 9.59 Å². The number of nitrogens with one attached hydrogen (secondary N) is 2. The Labute approximate surface area is 105 Å². The van der Waals surface area contributed by atoms with Crippen LogP contribution in [0.3, 0.4) is 0 Å². The second-order valence-corrected chi connectivity index (χ2v) is 4.51. The maximum Gasteiger partial charge on any atom is 0.252 e. The van der Waals surface area contributed by atoms with Crippen molar-refractivity contribution in [3.8, 4) is 0 Å². The first-order valence-electron chi connectivity index (χ1n) is 5.52. The zero-order valence-electron chi connectivity index (χ0n) is 9.27. The predicted molar refractivity (Wildman–Crippen MR) is 67.2 cm³/mol. The van der Waals surface area contributed by atoms with Gasteiger partial charge < -0.3 is 10.6 Å². The number of hydrogen-bond acceptors (Lipinski definition) is 3. The Bertz CT molecular complexity index is 448. The van der Waals surface area contributed by atoms with Gasteiger partial charge in [-0.2, -0.15) is 0 Å². The molecule has 1 aliphatic heterocycles. The lowest BCUT2D eigenvalue weighted by atomic mass is 10.2. The second-order valence-electron chi connectivity index (χ2n) is 4.03. The molecular formula is C12H14N2O2S. The fraction of sp³-hybridized carbons (Fsp3) is 0.333. The zero-order chi connectivity index (χ0) is 12.3. The number of carbonyl (C=O) groups is 2. The van der Waals surface area contributed by atoms with Crippen molar-refractivity contribution >= 4 is 24.4 Å². The van der Waals surface area contributed by atoms with Crippen LogP contribution in [0, 0.1) is 0 Å². The van der Waals surface area contributed by atoms with E-state index in [4.69, 9.17) is 0 Å². The van der Waals surface area contributed by atoms with Gasteiger partial charge in [-0.25, -0.2) is 0 Å². The molecular weight excluding hydrogens is 236 g/mol. The molecule has 1 aromatic rings. The largest absolute Gasteiger partial charge is 0.352 e. The van der Waals surface area contributed by atoms with Crippen molar-refractivity contribution in [2.24, 2.45) is 0 Å². The summed E-state index contributed by atoms with van der Waals surface area (Å²) in [4.78, 5) is 23.5. The topological polar surface area (TPSA) is 58.2 Å². The van der Waals surface area contributed by atoms with Crippen LogP contribution in [0.5, 0.6) is 0 Å². The molecule has 1 aliphatic rings. The summed E-state index contributed by atoms with van der Waals surface area (Å²) in [6, 6.07) is 7.18. The van der Waals surface area contributed by atoms with Crippen LogP contribution in [-0.2, 0) is 4.79 Å². The molecule has 1 fully saturated rings. The van der Waals surface area contributed by atoms with Crippen molar-refractivity contribution in [3.63, 3.8) is 0 Å². The van der Waals surface area contributed by atoms with Gasteiger partial charge in [0, 0.05) is 23.9 Å². The molecule has 1 unspecified atom stereocenters. The van der Waals surface area contributed by atoms with Crippen LogP contribution in [0.4, 0.5) is 0 Å². The summed E-state index contributed by atoms with van der Waals surface area (Å²) in [5.41, 5.74) is 0.556.